The molecular weight excluding hydrogens is 215 g/mol. The molecule has 0 fully saturated rings. The molecule has 0 aliphatic carbocycles. The summed E-state index contributed by atoms with van der Waals surface area (Å²) >= 11 is 0. The Morgan fingerprint density at radius 2 is 1.88 bits per heavy atom. The van der Waals surface area contributed by atoms with Crippen LogP contribution in [0.15, 0.2) is 24.3 Å². The van der Waals surface area contributed by atoms with Crippen LogP contribution in [0.1, 0.15) is 10.4 Å². The predicted molar refractivity (Wildman–Crippen MR) is 55.7 cm³/mol. The first-order valence-corrected chi connectivity index (χ1v) is 4.84. The summed E-state index contributed by atoms with van der Waals surface area (Å²) in [6.45, 7) is 0.186. The number of aromatic carboxylic acids is 1. The van der Waals surface area contributed by atoms with Gasteiger partial charge >= 0.3 is 5.97 Å². The lowest BCUT2D eigenvalue weighted by Crippen LogP contribution is -2.08. The largest absolute Gasteiger partial charge is 0.491 e. The maximum atomic E-state index is 11.6. The Labute approximate surface area is 92.6 Å². The van der Waals surface area contributed by atoms with Gasteiger partial charge in [-0.15, -0.1) is 0 Å². The summed E-state index contributed by atoms with van der Waals surface area (Å²) in [5, 5.41) is 8.65. The zero-order valence-corrected chi connectivity index (χ0v) is 8.69. The normalized spacial score (nSPS) is 10.1. The minimum Gasteiger partial charge on any atom is -0.491 e. The molecule has 1 N–H and O–H groups in total. The number of carbonyl (C=O) groups is 1. The molecule has 0 aliphatic heterocycles. The lowest BCUT2D eigenvalue weighted by atomic mass is 10.2. The number of benzene rings is 1. The van der Waals surface area contributed by atoms with E-state index in [1.54, 1.807) is 12.1 Å². The van der Waals surface area contributed by atoms with E-state index in [1.807, 2.05) is 0 Å². The molecule has 0 aliphatic rings. The standard InChI is InChI=1S/C11H13FO4/c12-5-6-15-7-8-16-10-3-1-9(2-4-10)11(13)14/h1-4H,5-8H2,(H,13,14). The molecule has 1 aromatic rings. The van der Waals surface area contributed by atoms with Crippen LogP contribution < -0.4 is 4.74 Å². The molecule has 0 saturated heterocycles. The van der Waals surface area contributed by atoms with Gasteiger partial charge in [0, 0.05) is 0 Å². The molecule has 1 rings (SSSR count). The van der Waals surface area contributed by atoms with Crippen LogP contribution in [0.25, 0.3) is 0 Å². The SMILES string of the molecule is O=C(O)c1ccc(OCCOCCF)cc1. The van der Waals surface area contributed by atoms with Gasteiger partial charge in [0.1, 0.15) is 19.0 Å². The van der Waals surface area contributed by atoms with E-state index in [1.165, 1.54) is 12.1 Å². The molecule has 4 nitrogen and oxygen atoms in total. The molecular formula is C11H13FO4. The van der Waals surface area contributed by atoms with Gasteiger partial charge in [-0.1, -0.05) is 0 Å². The smallest absolute Gasteiger partial charge is 0.335 e. The Morgan fingerprint density at radius 1 is 1.19 bits per heavy atom. The highest BCUT2D eigenvalue weighted by Crippen LogP contribution is 2.11. The van der Waals surface area contributed by atoms with Gasteiger partial charge in [0.2, 0.25) is 0 Å². The molecule has 0 saturated carbocycles. The van der Waals surface area contributed by atoms with Gasteiger partial charge in [-0.3, -0.25) is 0 Å². The molecule has 0 spiro atoms. The van der Waals surface area contributed by atoms with E-state index in [4.69, 9.17) is 14.6 Å². The average Bonchev–Trinajstić information content (AvgIpc) is 2.29. The molecule has 0 heterocycles. The van der Waals surface area contributed by atoms with E-state index in [9.17, 15) is 9.18 Å². The van der Waals surface area contributed by atoms with E-state index >= 15 is 0 Å². The van der Waals surface area contributed by atoms with Gasteiger partial charge in [0.15, 0.2) is 0 Å². The zero-order valence-electron chi connectivity index (χ0n) is 8.69. The first kappa shape index (κ1) is 12.4. The van der Waals surface area contributed by atoms with Crippen LogP contribution in [-0.2, 0) is 4.74 Å². The maximum Gasteiger partial charge on any atom is 0.335 e. The van der Waals surface area contributed by atoms with Crippen LogP contribution in [0.3, 0.4) is 0 Å². The molecule has 0 amide bonds. The third-order valence-corrected chi connectivity index (χ3v) is 1.82. The second kappa shape index (κ2) is 6.79. The highest BCUT2D eigenvalue weighted by molar-refractivity contribution is 5.87. The predicted octanol–water partition coefficient (Wildman–Crippen LogP) is 1.75. The van der Waals surface area contributed by atoms with Crippen molar-refractivity contribution in [1.82, 2.24) is 0 Å². The average molecular weight is 228 g/mol. The summed E-state index contributed by atoms with van der Waals surface area (Å²) in [6.07, 6.45) is 0. The zero-order chi connectivity index (χ0) is 11.8. The number of hydrogen-bond acceptors (Lipinski definition) is 3. The van der Waals surface area contributed by atoms with Crippen molar-refractivity contribution in [2.45, 2.75) is 0 Å². The number of carboxylic acid groups (broad SMARTS) is 1. The molecule has 88 valence electrons. The molecule has 0 aromatic heterocycles. The summed E-state index contributed by atoms with van der Waals surface area (Å²) in [7, 11) is 0. The third-order valence-electron chi connectivity index (χ3n) is 1.82. The number of alkyl halides is 1. The molecule has 0 radical (unpaired) electrons. The topological polar surface area (TPSA) is 55.8 Å². The Kier molecular flexibility index (Phi) is 5.28. The van der Waals surface area contributed by atoms with Crippen LogP contribution in [0.2, 0.25) is 0 Å². The monoisotopic (exact) mass is 228 g/mol. The fraction of sp³-hybridized carbons (Fsp3) is 0.364. The van der Waals surface area contributed by atoms with E-state index in [2.05, 4.69) is 0 Å². The molecule has 0 atom stereocenters. The molecule has 0 unspecified atom stereocenters. The second-order valence-corrected chi connectivity index (χ2v) is 2.98. The summed E-state index contributed by atoms with van der Waals surface area (Å²) < 4.78 is 21.8. The third kappa shape index (κ3) is 4.27. The van der Waals surface area contributed by atoms with Crippen molar-refractivity contribution in [3.8, 4) is 5.75 Å². The van der Waals surface area contributed by atoms with Gasteiger partial charge in [-0.25, -0.2) is 9.18 Å². The van der Waals surface area contributed by atoms with Crippen LogP contribution in [0.4, 0.5) is 4.39 Å². The minimum atomic E-state index is -0.974. The molecule has 5 heteroatoms. The van der Waals surface area contributed by atoms with Crippen molar-refractivity contribution in [1.29, 1.82) is 0 Å². The van der Waals surface area contributed by atoms with Crippen molar-refractivity contribution in [2.75, 3.05) is 26.5 Å². The molecule has 1 aromatic carbocycles. The lowest BCUT2D eigenvalue weighted by molar-refractivity contribution is 0.0696. The van der Waals surface area contributed by atoms with Crippen molar-refractivity contribution in [2.24, 2.45) is 0 Å². The maximum absolute atomic E-state index is 11.6. The number of hydrogen-bond donors (Lipinski definition) is 1. The van der Waals surface area contributed by atoms with Gasteiger partial charge < -0.3 is 14.6 Å². The van der Waals surface area contributed by atoms with Crippen molar-refractivity contribution in [3.05, 3.63) is 29.8 Å². The Bertz CT molecular complexity index is 323. The van der Waals surface area contributed by atoms with E-state index in [0.29, 0.717) is 19.0 Å². The molecule has 16 heavy (non-hydrogen) atoms. The summed E-state index contributed by atoms with van der Waals surface area (Å²) in [4.78, 5) is 10.5. The van der Waals surface area contributed by atoms with Crippen LogP contribution in [0.5, 0.6) is 5.75 Å². The van der Waals surface area contributed by atoms with Crippen molar-refractivity contribution >= 4 is 5.97 Å². The van der Waals surface area contributed by atoms with Crippen LogP contribution >= 0.6 is 0 Å². The molecule has 0 bridgehead atoms. The minimum absolute atomic E-state index is 0.0707. The first-order chi connectivity index (χ1) is 7.74. The lowest BCUT2D eigenvalue weighted by Gasteiger charge is -2.06. The van der Waals surface area contributed by atoms with Gasteiger partial charge in [-0.2, -0.15) is 0 Å². The Morgan fingerprint density at radius 3 is 2.44 bits per heavy atom. The summed E-state index contributed by atoms with van der Waals surface area (Å²) in [5.41, 5.74) is 0.209. The second-order valence-electron chi connectivity index (χ2n) is 2.98. The number of carboxylic acids is 1. The number of rotatable bonds is 7. The van der Waals surface area contributed by atoms with Gasteiger partial charge in [-0.05, 0) is 24.3 Å². The van der Waals surface area contributed by atoms with Gasteiger partial charge in [0.25, 0.3) is 0 Å². The van der Waals surface area contributed by atoms with E-state index < -0.39 is 12.6 Å². The quantitative estimate of drug-likeness (QED) is 0.722. The van der Waals surface area contributed by atoms with Crippen molar-refractivity contribution in [3.63, 3.8) is 0 Å². The fourth-order valence-corrected chi connectivity index (χ4v) is 1.07. The van der Waals surface area contributed by atoms with E-state index in [0.717, 1.165) is 0 Å². The summed E-state index contributed by atoms with van der Waals surface area (Å²) in [5.74, 6) is -0.410. The fourth-order valence-electron chi connectivity index (χ4n) is 1.07. The van der Waals surface area contributed by atoms with Crippen LogP contribution in [-0.4, -0.2) is 37.6 Å². The van der Waals surface area contributed by atoms with Crippen molar-refractivity contribution < 1.29 is 23.8 Å². The Hall–Kier alpha value is -1.62. The Balaban J connectivity index is 2.29. The highest BCUT2D eigenvalue weighted by Gasteiger charge is 2.01. The summed E-state index contributed by atoms with van der Waals surface area (Å²) in [6, 6.07) is 6.05. The first-order valence-electron chi connectivity index (χ1n) is 4.84. The van der Waals surface area contributed by atoms with Crippen LogP contribution in [0, 0.1) is 0 Å². The number of ether oxygens (including phenoxy) is 2. The highest BCUT2D eigenvalue weighted by atomic mass is 19.1. The van der Waals surface area contributed by atoms with Gasteiger partial charge in [0.05, 0.1) is 18.8 Å². The van der Waals surface area contributed by atoms with E-state index in [-0.39, 0.29) is 12.2 Å². The number of halogens is 1.